The van der Waals surface area contributed by atoms with Gasteiger partial charge in [0.05, 0.1) is 12.8 Å². The molecule has 7 nitrogen and oxygen atoms in total. The molecule has 2 amide bonds. The van der Waals surface area contributed by atoms with Crippen LogP contribution in [0, 0.1) is 0 Å². The Bertz CT molecular complexity index is 648. The van der Waals surface area contributed by atoms with Crippen LogP contribution in [0.1, 0.15) is 18.9 Å². The molecule has 0 saturated carbocycles. The lowest BCUT2D eigenvalue weighted by Gasteiger charge is -2.34. The number of hydrogen-bond acceptors (Lipinski definition) is 5. The maximum absolute atomic E-state index is 12.6. The molecule has 1 fully saturated rings. The number of piperazine rings is 1. The summed E-state index contributed by atoms with van der Waals surface area (Å²) in [5.41, 5.74) is 1.69. The average molecular weight is 331 g/mol. The summed E-state index contributed by atoms with van der Waals surface area (Å²) >= 11 is 0. The fourth-order valence-electron chi connectivity index (χ4n) is 2.91. The number of carbonyl (C=O) groups excluding carboxylic acids is 2. The molecule has 0 N–H and O–H groups in total. The first-order chi connectivity index (χ1) is 11.6. The van der Waals surface area contributed by atoms with Crippen molar-refractivity contribution in [3.8, 4) is 5.75 Å². The summed E-state index contributed by atoms with van der Waals surface area (Å²) in [6.45, 7) is 3.76. The number of methoxy groups -OCH3 is 1. The summed E-state index contributed by atoms with van der Waals surface area (Å²) in [6.07, 6.45) is -0.121. The summed E-state index contributed by atoms with van der Waals surface area (Å²) in [4.78, 5) is 32.8. The predicted octanol–water partition coefficient (Wildman–Crippen LogP) is 0.879. The Kier molecular flexibility index (Phi) is 4.69. The van der Waals surface area contributed by atoms with E-state index in [9.17, 15) is 9.59 Å². The van der Waals surface area contributed by atoms with E-state index in [1.807, 2.05) is 24.3 Å². The summed E-state index contributed by atoms with van der Waals surface area (Å²) in [5.74, 6) is 0.754. The van der Waals surface area contributed by atoms with Crippen LogP contribution < -0.4 is 4.74 Å². The molecule has 2 aliphatic rings. The molecule has 0 bridgehead atoms. The minimum atomic E-state index is -0.578. The standard InChI is InChI=1S/C17H21N3O4/c1-12(21)19-7-9-20(10-8-19)17(22)16-11-15(18-24-16)13-3-5-14(23-2)6-4-13/h3-6,16H,7-11H2,1-2H3. The highest BCUT2D eigenvalue weighted by atomic mass is 16.6. The Morgan fingerprint density at radius 3 is 2.33 bits per heavy atom. The van der Waals surface area contributed by atoms with Gasteiger partial charge >= 0.3 is 0 Å². The summed E-state index contributed by atoms with van der Waals surface area (Å²) in [7, 11) is 1.62. The molecular formula is C17H21N3O4. The number of rotatable bonds is 3. The first-order valence-electron chi connectivity index (χ1n) is 8.00. The quantitative estimate of drug-likeness (QED) is 0.824. The van der Waals surface area contributed by atoms with Gasteiger partial charge < -0.3 is 19.4 Å². The van der Waals surface area contributed by atoms with Crippen molar-refractivity contribution in [2.24, 2.45) is 5.16 Å². The van der Waals surface area contributed by atoms with Crippen molar-refractivity contribution in [2.75, 3.05) is 33.3 Å². The van der Waals surface area contributed by atoms with Gasteiger partial charge in [0, 0.05) is 39.5 Å². The molecule has 2 heterocycles. The number of carbonyl (C=O) groups is 2. The average Bonchev–Trinajstić information content (AvgIpc) is 3.11. The van der Waals surface area contributed by atoms with E-state index in [-0.39, 0.29) is 11.8 Å². The van der Waals surface area contributed by atoms with E-state index in [0.717, 1.165) is 17.0 Å². The van der Waals surface area contributed by atoms with Gasteiger partial charge in [0.15, 0.2) is 0 Å². The van der Waals surface area contributed by atoms with Crippen LogP contribution in [0.2, 0.25) is 0 Å². The summed E-state index contributed by atoms with van der Waals surface area (Å²) in [5, 5.41) is 4.07. The van der Waals surface area contributed by atoms with E-state index in [4.69, 9.17) is 9.57 Å². The van der Waals surface area contributed by atoms with Crippen LogP contribution in [0.3, 0.4) is 0 Å². The molecule has 3 rings (SSSR count). The lowest BCUT2D eigenvalue weighted by Crippen LogP contribution is -2.52. The van der Waals surface area contributed by atoms with Crippen molar-refractivity contribution in [3.05, 3.63) is 29.8 Å². The second-order valence-corrected chi connectivity index (χ2v) is 5.90. The van der Waals surface area contributed by atoms with Gasteiger partial charge in [0.25, 0.3) is 5.91 Å². The van der Waals surface area contributed by atoms with E-state index < -0.39 is 6.10 Å². The fourth-order valence-corrected chi connectivity index (χ4v) is 2.91. The van der Waals surface area contributed by atoms with Crippen molar-refractivity contribution in [3.63, 3.8) is 0 Å². The molecule has 0 radical (unpaired) electrons. The summed E-state index contributed by atoms with van der Waals surface area (Å²) in [6, 6.07) is 7.51. The topological polar surface area (TPSA) is 71.4 Å². The molecule has 0 spiro atoms. The van der Waals surface area contributed by atoms with E-state index >= 15 is 0 Å². The predicted molar refractivity (Wildman–Crippen MR) is 87.9 cm³/mol. The minimum absolute atomic E-state index is 0.0457. The van der Waals surface area contributed by atoms with Gasteiger partial charge in [-0.2, -0.15) is 0 Å². The van der Waals surface area contributed by atoms with Gasteiger partial charge in [-0.05, 0) is 29.8 Å². The molecule has 24 heavy (non-hydrogen) atoms. The van der Waals surface area contributed by atoms with Crippen molar-refractivity contribution in [1.29, 1.82) is 0 Å². The third-order valence-corrected chi connectivity index (χ3v) is 4.40. The lowest BCUT2D eigenvalue weighted by molar-refractivity contribution is -0.146. The zero-order valence-corrected chi connectivity index (χ0v) is 13.9. The number of nitrogens with zero attached hydrogens (tertiary/aromatic N) is 3. The van der Waals surface area contributed by atoms with Crippen molar-refractivity contribution < 1.29 is 19.2 Å². The van der Waals surface area contributed by atoms with Crippen LogP contribution in [0.25, 0.3) is 0 Å². The Labute approximate surface area is 140 Å². The number of benzene rings is 1. The molecule has 128 valence electrons. The number of oxime groups is 1. The minimum Gasteiger partial charge on any atom is -0.497 e. The molecular weight excluding hydrogens is 310 g/mol. The zero-order valence-electron chi connectivity index (χ0n) is 13.9. The van der Waals surface area contributed by atoms with Gasteiger partial charge in [-0.25, -0.2) is 0 Å². The SMILES string of the molecule is COc1ccc(C2=NOC(C(=O)N3CCN(C(C)=O)CC3)C2)cc1. The molecule has 0 aliphatic carbocycles. The highest BCUT2D eigenvalue weighted by Crippen LogP contribution is 2.21. The fraction of sp³-hybridized carbons (Fsp3) is 0.471. The molecule has 1 aromatic carbocycles. The molecule has 1 unspecified atom stereocenters. The van der Waals surface area contributed by atoms with Crippen LogP contribution in [0.15, 0.2) is 29.4 Å². The Hall–Kier alpha value is -2.57. The molecule has 7 heteroatoms. The Morgan fingerprint density at radius 2 is 1.75 bits per heavy atom. The van der Waals surface area contributed by atoms with Crippen LogP contribution in [0.4, 0.5) is 0 Å². The van der Waals surface area contributed by atoms with Gasteiger partial charge in [-0.15, -0.1) is 0 Å². The van der Waals surface area contributed by atoms with Crippen molar-refractivity contribution in [2.45, 2.75) is 19.4 Å². The smallest absolute Gasteiger partial charge is 0.267 e. The lowest BCUT2D eigenvalue weighted by atomic mass is 10.0. The normalized spacial score (nSPS) is 20.4. The van der Waals surface area contributed by atoms with Gasteiger partial charge in [-0.3, -0.25) is 9.59 Å². The number of amides is 2. The molecule has 1 saturated heterocycles. The Balaban J connectivity index is 1.56. The van der Waals surface area contributed by atoms with Crippen molar-refractivity contribution in [1.82, 2.24) is 9.80 Å². The van der Waals surface area contributed by atoms with Crippen LogP contribution in [-0.4, -0.2) is 66.7 Å². The van der Waals surface area contributed by atoms with Crippen LogP contribution >= 0.6 is 0 Å². The largest absolute Gasteiger partial charge is 0.497 e. The third kappa shape index (κ3) is 3.34. The molecule has 2 aliphatic heterocycles. The molecule has 1 atom stereocenters. The monoisotopic (exact) mass is 331 g/mol. The van der Waals surface area contributed by atoms with Crippen molar-refractivity contribution >= 4 is 17.5 Å². The number of ether oxygens (including phenoxy) is 1. The highest BCUT2D eigenvalue weighted by molar-refractivity contribution is 6.04. The zero-order chi connectivity index (χ0) is 17.1. The second-order valence-electron chi connectivity index (χ2n) is 5.90. The van der Waals surface area contributed by atoms with Crippen LogP contribution in [0.5, 0.6) is 5.75 Å². The van der Waals surface area contributed by atoms with E-state index in [0.29, 0.717) is 32.6 Å². The van der Waals surface area contributed by atoms with Gasteiger partial charge in [0.2, 0.25) is 12.0 Å². The van der Waals surface area contributed by atoms with E-state index in [1.165, 1.54) is 0 Å². The van der Waals surface area contributed by atoms with E-state index in [1.54, 1.807) is 23.8 Å². The van der Waals surface area contributed by atoms with Crippen LogP contribution in [-0.2, 0) is 14.4 Å². The van der Waals surface area contributed by atoms with E-state index in [2.05, 4.69) is 5.16 Å². The molecule has 0 aromatic heterocycles. The maximum atomic E-state index is 12.6. The maximum Gasteiger partial charge on any atom is 0.267 e. The Morgan fingerprint density at radius 1 is 1.12 bits per heavy atom. The van der Waals surface area contributed by atoms with Gasteiger partial charge in [0.1, 0.15) is 5.75 Å². The first kappa shape index (κ1) is 16.3. The first-order valence-corrected chi connectivity index (χ1v) is 8.00. The molecule has 1 aromatic rings. The summed E-state index contributed by atoms with van der Waals surface area (Å²) < 4.78 is 5.14. The van der Waals surface area contributed by atoms with Gasteiger partial charge in [-0.1, -0.05) is 5.16 Å². The number of hydrogen-bond donors (Lipinski definition) is 0. The highest BCUT2D eigenvalue weighted by Gasteiger charge is 2.34. The second kappa shape index (κ2) is 6.90. The third-order valence-electron chi connectivity index (χ3n) is 4.40.